The lowest BCUT2D eigenvalue weighted by atomic mass is 10.1. The standard InChI is InChI=1S/C11H10N4/c1-2-10-4-3-9(8-12)7-11(10)15-6-5-13-14-15/h3-7H,2H2,1H3. The highest BCUT2D eigenvalue weighted by atomic mass is 15.4. The molecule has 1 aromatic heterocycles. The molecule has 0 aliphatic heterocycles. The summed E-state index contributed by atoms with van der Waals surface area (Å²) in [4.78, 5) is 0. The monoisotopic (exact) mass is 198 g/mol. The van der Waals surface area contributed by atoms with Crippen molar-refractivity contribution in [3.05, 3.63) is 41.7 Å². The second kappa shape index (κ2) is 3.93. The molecule has 74 valence electrons. The third-order valence-electron chi connectivity index (χ3n) is 2.26. The highest BCUT2D eigenvalue weighted by molar-refractivity contribution is 5.46. The zero-order valence-electron chi connectivity index (χ0n) is 8.38. The van der Waals surface area contributed by atoms with Gasteiger partial charge in [-0.05, 0) is 24.1 Å². The molecule has 2 aromatic rings. The van der Waals surface area contributed by atoms with Gasteiger partial charge in [0.2, 0.25) is 0 Å². The maximum Gasteiger partial charge on any atom is 0.0992 e. The van der Waals surface area contributed by atoms with E-state index in [1.807, 2.05) is 18.2 Å². The number of aromatic nitrogens is 3. The summed E-state index contributed by atoms with van der Waals surface area (Å²) in [6.45, 7) is 2.07. The molecule has 0 bridgehead atoms. The van der Waals surface area contributed by atoms with Crippen LogP contribution in [0.3, 0.4) is 0 Å². The Kier molecular flexibility index (Phi) is 2.46. The van der Waals surface area contributed by atoms with Gasteiger partial charge in [-0.15, -0.1) is 5.10 Å². The summed E-state index contributed by atoms with van der Waals surface area (Å²) in [6.07, 6.45) is 4.30. The molecular weight excluding hydrogens is 188 g/mol. The number of rotatable bonds is 2. The van der Waals surface area contributed by atoms with Crippen LogP contribution in [0.1, 0.15) is 18.1 Å². The molecule has 0 radical (unpaired) electrons. The van der Waals surface area contributed by atoms with Crippen molar-refractivity contribution < 1.29 is 0 Å². The first-order chi connectivity index (χ1) is 7.35. The van der Waals surface area contributed by atoms with Crippen molar-refractivity contribution in [2.75, 3.05) is 0 Å². The van der Waals surface area contributed by atoms with E-state index in [1.54, 1.807) is 17.1 Å². The third kappa shape index (κ3) is 1.72. The molecule has 0 aliphatic carbocycles. The molecule has 0 saturated heterocycles. The normalized spacial score (nSPS) is 9.87. The smallest absolute Gasteiger partial charge is 0.0992 e. The predicted molar refractivity (Wildman–Crippen MR) is 55.5 cm³/mol. The van der Waals surface area contributed by atoms with Gasteiger partial charge in [0, 0.05) is 0 Å². The van der Waals surface area contributed by atoms with Gasteiger partial charge >= 0.3 is 0 Å². The maximum atomic E-state index is 8.83. The molecule has 0 fully saturated rings. The van der Waals surface area contributed by atoms with Crippen LogP contribution in [0.25, 0.3) is 5.69 Å². The highest BCUT2D eigenvalue weighted by Gasteiger charge is 2.04. The SMILES string of the molecule is CCc1ccc(C#N)cc1-n1ccnn1. The van der Waals surface area contributed by atoms with Gasteiger partial charge in [0.25, 0.3) is 0 Å². The van der Waals surface area contributed by atoms with Crippen molar-refractivity contribution in [2.45, 2.75) is 13.3 Å². The van der Waals surface area contributed by atoms with Crippen molar-refractivity contribution in [1.82, 2.24) is 15.0 Å². The quantitative estimate of drug-likeness (QED) is 0.738. The fourth-order valence-electron chi connectivity index (χ4n) is 1.48. The van der Waals surface area contributed by atoms with Gasteiger partial charge in [-0.3, -0.25) is 0 Å². The molecule has 0 atom stereocenters. The Morgan fingerprint density at radius 2 is 2.33 bits per heavy atom. The molecule has 0 spiro atoms. The Morgan fingerprint density at radius 1 is 1.47 bits per heavy atom. The average Bonchev–Trinajstić information content (AvgIpc) is 2.81. The third-order valence-corrected chi connectivity index (χ3v) is 2.26. The van der Waals surface area contributed by atoms with E-state index in [0.29, 0.717) is 5.56 Å². The lowest BCUT2D eigenvalue weighted by Gasteiger charge is -2.06. The Balaban J connectivity index is 2.58. The summed E-state index contributed by atoms with van der Waals surface area (Å²) in [5.41, 5.74) is 2.71. The van der Waals surface area contributed by atoms with E-state index >= 15 is 0 Å². The zero-order valence-corrected chi connectivity index (χ0v) is 8.38. The molecule has 0 unspecified atom stereocenters. The van der Waals surface area contributed by atoms with Gasteiger partial charge in [0.05, 0.1) is 29.7 Å². The van der Waals surface area contributed by atoms with Crippen molar-refractivity contribution >= 4 is 0 Å². The molecule has 1 aromatic carbocycles. The second-order valence-electron chi connectivity index (χ2n) is 3.16. The molecule has 0 aliphatic rings. The number of benzene rings is 1. The Morgan fingerprint density at radius 3 is 2.93 bits per heavy atom. The van der Waals surface area contributed by atoms with E-state index in [1.165, 1.54) is 0 Å². The lowest BCUT2D eigenvalue weighted by Crippen LogP contribution is -2.00. The summed E-state index contributed by atoms with van der Waals surface area (Å²) >= 11 is 0. The van der Waals surface area contributed by atoms with Crippen LogP contribution in [0.4, 0.5) is 0 Å². The predicted octanol–water partition coefficient (Wildman–Crippen LogP) is 1.70. The lowest BCUT2D eigenvalue weighted by molar-refractivity contribution is 0.793. The molecular formula is C11H10N4. The maximum absolute atomic E-state index is 8.83. The zero-order chi connectivity index (χ0) is 10.7. The minimum absolute atomic E-state index is 0.637. The molecule has 0 N–H and O–H groups in total. The van der Waals surface area contributed by atoms with Crippen molar-refractivity contribution in [3.63, 3.8) is 0 Å². The van der Waals surface area contributed by atoms with Crippen LogP contribution < -0.4 is 0 Å². The van der Waals surface area contributed by atoms with Crippen LogP contribution in [0, 0.1) is 11.3 Å². The molecule has 4 nitrogen and oxygen atoms in total. The van der Waals surface area contributed by atoms with Crippen LogP contribution in [0.5, 0.6) is 0 Å². The van der Waals surface area contributed by atoms with Gasteiger partial charge in [-0.1, -0.05) is 18.2 Å². The van der Waals surface area contributed by atoms with E-state index in [-0.39, 0.29) is 0 Å². The molecule has 0 amide bonds. The number of hydrogen-bond acceptors (Lipinski definition) is 3. The second-order valence-corrected chi connectivity index (χ2v) is 3.16. The summed E-state index contributed by atoms with van der Waals surface area (Å²) < 4.78 is 1.68. The summed E-state index contributed by atoms with van der Waals surface area (Å²) in [5.74, 6) is 0. The van der Waals surface area contributed by atoms with E-state index in [9.17, 15) is 0 Å². The first-order valence-electron chi connectivity index (χ1n) is 4.75. The van der Waals surface area contributed by atoms with E-state index in [0.717, 1.165) is 17.7 Å². The summed E-state index contributed by atoms with van der Waals surface area (Å²) in [7, 11) is 0. The number of aryl methyl sites for hydroxylation is 1. The van der Waals surface area contributed by atoms with Gasteiger partial charge in [0.1, 0.15) is 0 Å². The topological polar surface area (TPSA) is 54.5 Å². The van der Waals surface area contributed by atoms with Crippen LogP contribution in [0.15, 0.2) is 30.6 Å². The minimum atomic E-state index is 0.637. The molecule has 1 heterocycles. The van der Waals surface area contributed by atoms with Crippen molar-refractivity contribution in [3.8, 4) is 11.8 Å². The van der Waals surface area contributed by atoms with E-state index in [2.05, 4.69) is 23.3 Å². The van der Waals surface area contributed by atoms with Crippen LogP contribution in [-0.4, -0.2) is 15.0 Å². The minimum Gasteiger partial charge on any atom is -0.220 e. The largest absolute Gasteiger partial charge is 0.220 e. The van der Waals surface area contributed by atoms with Crippen LogP contribution in [-0.2, 0) is 6.42 Å². The Labute approximate surface area is 87.8 Å². The van der Waals surface area contributed by atoms with Crippen molar-refractivity contribution in [1.29, 1.82) is 5.26 Å². The molecule has 15 heavy (non-hydrogen) atoms. The average molecular weight is 198 g/mol. The highest BCUT2D eigenvalue weighted by Crippen LogP contribution is 2.15. The van der Waals surface area contributed by atoms with Gasteiger partial charge in [0.15, 0.2) is 0 Å². The van der Waals surface area contributed by atoms with Gasteiger partial charge < -0.3 is 0 Å². The Hall–Kier alpha value is -2.15. The first kappa shape index (κ1) is 9.41. The fourth-order valence-corrected chi connectivity index (χ4v) is 1.48. The molecule has 0 saturated carbocycles. The van der Waals surface area contributed by atoms with Gasteiger partial charge in [-0.2, -0.15) is 5.26 Å². The van der Waals surface area contributed by atoms with Crippen LogP contribution >= 0.6 is 0 Å². The fraction of sp³-hybridized carbons (Fsp3) is 0.182. The Bertz CT molecular complexity index is 494. The number of nitriles is 1. The molecule has 2 rings (SSSR count). The number of hydrogen-bond donors (Lipinski definition) is 0. The van der Waals surface area contributed by atoms with Crippen LogP contribution in [0.2, 0.25) is 0 Å². The van der Waals surface area contributed by atoms with E-state index in [4.69, 9.17) is 5.26 Å². The molecule has 4 heteroatoms. The summed E-state index contributed by atoms with van der Waals surface area (Å²) in [6, 6.07) is 7.72. The summed E-state index contributed by atoms with van der Waals surface area (Å²) in [5, 5.41) is 16.5. The van der Waals surface area contributed by atoms with E-state index < -0.39 is 0 Å². The first-order valence-corrected chi connectivity index (χ1v) is 4.75. The number of nitrogens with zero attached hydrogens (tertiary/aromatic N) is 4. The van der Waals surface area contributed by atoms with Crippen molar-refractivity contribution in [2.24, 2.45) is 0 Å². The van der Waals surface area contributed by atoms with Gasteiger partial charge in [-0.25, -0.2) is 4.68 Å².